The van der Waals surface area contributed by atoms with Crippen molar-refractivity contribution in [2.75, 3.05) is 19.9 Å². The molecule has 1 saturated heterocycles. The summed E-state index contributed by atoms with van der Waals surface area (Å²) in [6.07, 6.45) is 1.71. The van der Waals surface area contributed by atoms with Crippen LogP contribution in [-0.2, 0) is 4.79 Å². The molecule has 0 aliphatic carbocycles. The number of hydrogen-bond acceptors (Lipinski definition) is 4. The Labute approximate surface area is 144 Å². The van der Waals surface area contributed by atoms with E-state index < -0.39 is 11.9 Å². The van der Waals surface area contributed by atoms with Gasteiger partial charge in [0.15, 0.2) is 11.5 Å². The molecule has 25 heavy (non-hydrogen) atoms. The number of aliphatic carboxylic acids is 1. The van der Waals surface area contributed by atoms with Crippen molar-refractivity contribution in [3.63, 3.8) is 0 Å². The fourth-order valence-corrected chi connectivity index (χ4v) is 3.56. The molecule has 7 heteroatoms. The molecule has 0 unspecified atom stereocenters. The molecule has 2 atom stereocenters. The summed E-state index contributed by atoms with van der Waals surface area (Å²) < 4.78 is 10.7. The molecule has 3 heterocycles. The highest BCUT2D eigenvalue weighted by molar-refractivity contribution is 5.96. The number of carbonyl (C=O) groups is 2. The van der Waals surface area contributed by atoms with Gasteiger partial charge < -0.3 is 24.5 Å². The van der Waals surface area contributed by atoms with Crippen molar-refractivity contribution in [3.05, 3.63) is 47.3 Å². The first-order valence-electron chi connectivity index (χ1n) is 8.10. The monoisotopic (exact) mass is 342 g/mol. The van der Waals surface area contributed by atoms with E-state index in [1.54, 1.807) is 23.2 Å². The number of carbonyl (C=O) groups excluding carboxylic acids is 1. The molecular formula is C18H18N2O5. The van der Waals surface area contributed by atoms with Gasteiger partial charge in [0.1, 0.15) is 0 Å². The van der Waals surface area contributed by atoms with Crippen LogP contribution < -0.4 is 9.47 Å². The maximum atomic E-state index is 12.7. The number of likely N-dealkylation sites (tertiary alicyclic amines) is 1. The summed E-state index contributed by atoms with van der Waals surface area (Å²) >= 11 is 0. The number of aryl methyl sites for hydroxylation is 1. The Morgan fingerprint density at radius 1 is 1.20 bits per heavy atom. The van der Waals surface area contributed by atoms with E-state index >= 15 is 0 Å². The predicted octanol–water partition coefficient (Wildman–Crippen LogP) is 1.99. The third-order valence-electron chi connectivity index (χ3n) is 4.93. The number of aromatic amines is 1. The number of H-pyrrole nitrogens is 1. The van der Waals surface area contributed by atoms with Gasteiger partial charge in [-0.25, -0.2) is 0 Å². The summed E-state index contributed by atoms with van der Waals surface area (Å²) in [5.41, 5.74) is 2.21. The zero-order valence-electron chi connectivity index (χ0n) is 13.7. The number of rotatable bonds is 3. The van der Waals surface area contributed by atoms with E-state index in [4.69, 9.17) is 9.47 Å². The lowest BCUT2D eigenvalue weighted by atomic mass is 9.89. The lowest BCUT2D eigenvalue weighted by Crippen LogP contribution is -2.30. The lowest BCUT2D eigenvalue weighted by molar-refractivity contribution is -0.141. The number of aromatic nitrogens is 1. The van der Waals surface area contributed by atoms with Crippen molar-refractivity contribution >= 4 is 11.9 Å². The van der Waals surface area contributed by atoms with Gasteiger partial charge in [0, 0.05) is 30.9 Å². The van der Waals surface area contributed by atoms with Crippen LogP contribution in [0.4, 0.5) is 0 Å². The zero-order chi connectivity index (χ0) is 17.6. The van der Waals surface area contributed by atoms with Gasteiger partial charge in [-0.05, 0) is 30.7 Å². The number of benzene rings is 1. The minimum atomic E-state index is -0.899. The third kappa shape index (κ3) is 2.61. The van der Waals surface area contributed by atoms with E-state index in [1.807, 2.05) is 19.1 Å². The predicted molar refractivity (Wildman–Crippen MR) is 87.9 cm³/mol. The van der Waals surface area contributed by atoms with E-state index in [9.17, 15) is 14.7 Å². The summed E-state index contributed by atoms with van der Waals surface area (Å²) in [6, 6.07) is 7.18. The van der Waals surface area contributed by atoms with Crippen LogP contribution in [0.3, 0.4) is 0 Å². The Bertz CT molecular complexity index is 844. The van der Waals surface area contributed by atoms with Gasteiger partial charge in [-0.2, -0.15) is 0 Å². The first-order chi connectivity index (χ1) is 12.0. The Hall–Kier alpha value is -2.96. The second-order valence-corrected chi connectivity index (χ2v) is 6.39. The minimum absolute atomic E-state index is 0.145. The second-order valence-electron chi connectivity index (χ2n) is 6.39. The van der Waals surface area contributed by atoms with Gasteiger partial charge in [-0.1, -0.05) is 6.07 Å². The van der Waals surface area contributed by atoms with E-state index in [1.165, 1.54) is 0 Å². The highest BCUT2D eigenvalue weighted by Crippen LogP contribution is 2.39. The van der Waals surface area contributed by atoms with Crippen molar-refractivity contribution in [2.45, 2.75) is 12.8 Å². The van der Waals surface area contributed by atoms with E-state index in [-0.39, 0.29) is 25.2 Å². The quantitative estimate of drug-likeness (QED) is 0.890. The minimum Gasteiger partial charge on any atom is -0.481 e. The molecule has 1 amide bonds. The molecule has 2 aliphatic heterocycles. The average Bonchev–Trinajstić information content (AvgIpc) is 3.32. The normalized spacial score (nSPS) is 21.6. The molecule has 130 valence electrons. The van der Waals surface area contributed by atoms with E-state index in [2.05, 4.69) is 4.98 Å². The zero-order valence-corrected chi connectivity index (χ0v) is 13.7. The van der Waals surface area contributed by atoms with Gasteiger partial charge >= 0.3 is 5.97 Å². The number of nitrogens with one attached hydrogen (secondary N) is 1. The average molecular weight is 342 g/mol. The molecule has 2 N–H and O–H groups in total. The topological polar surface area (TPSA) is 91.9 Å². The van der Waals surface area contributed by atoms with Crippen LogP contribution in [0.5, 0.6) is 11.5 Å². The number of amides is 1. The number of carboxylic acids is 1. The molecule has 0 saturated carbocycles. The number of carboxylic acid groups (broad SMARTS) is 1. The lowest BCUT2D eigenvalue weighted by Gasteiger charge is -2.16. The van der Waals surface area contributed by atoms with Crippen molar-refractivity contribution in [2.24, 2.45) is 5.92 Å². The molecule has 2 aromatic rings. The van der Waals surface area contributed by atoms with Crippen molar-refractivity contribution < 1.29 is 24.2 Å². The van der Waals surface area contributed by atoms with Crippen LogP contribution >= 0.6 is 0 Å². The molecule has 0 radical (unpaired) electrons. The number of hydrogen-bond donors (Lipinski definition) is 2. The van der Waals surface area contributed by atoms with Gasteiger partial charge in [0.05, 0.1) is 11.5 Å². The molecule has 1 fully saturated rings. The maximum Gasteiger partial charge on any atom is 0.308 e. The van der Waals surface area contributed by atoms with Gasteiger partial charge in [0.2, 0.25) is 6.79 Å². The summed E-state index contributed by atoms with van der Waals surface area (Å²) in [6.45, 7) is 2.55. The first-order valence-corrected chi connectivity index (χ1v) is 8.10. The second kappa shape index (κ2) is 5.84. The van der Waals surface area contributed by atoms with Crippen LogP contribution in [0.25, 0.3) is 0 Å². The molecular weight excluding hydrogens is 324 g/mol. The SMILES string of the molecule is Cc1[nH]ccc1C(=O)N1C[C@H](C(=O)O)[C@@H](c2ccc3c(c2)OCO3)C1. The first kappa shape index (κ1) is 15.6. The van der Waals surface area contributed by atoms with Gasteiger partial charge in [-0.15, -0.1) is 0 Å². The van der Waals surface area contributed by atoms with Gasteiger partial charge in [0.25, 0.3) is 5.91 Å². The summed E-state index contributed by atoms with van der Waals surface area (Å²) in [5.74, 6) is -0.701. The summed E-state index contributed by atoms with van der Waals surface area (Å²) in [7, 11) is 0. The van der Waals surface area contributed by atoms with E-state index in [0.717, 1.165) is 11.3 Å². The Morgan fingerprint density at radius 3 is 2.72 bits per heavy atom. The van der Waals surface area contributed by atoms with Crippen LogP contribution in [0.2, 0.25) is 0 Å². The smallest absolute Gasteiger partial charge is 0.308 e. The van der Waals surface area contributed by atoms with Crippen LogP contribution in [0.1, 0.15) is 27.5 Å². The summed E-state index contributed by atoms with van der Waals surface area (Å²) in [5, 5.41) is 9.62. The standard InChI is InChI=1S/C18H18N2O5/c1-10-12(4-5-19-10)17(21)20-7-13(14(8-20)18(22)23)11-2-3-15-16(6-11)25-9-24-15/h2-6,13-14,19H,7-9H2,1H3,(H,22,23)/t13-,14+/m1/s1. The van der Waals surface area contributed by atoms with Crippen LogP contribution in [-0.4, -0.2) is 46.7 Å². The number of ether oxygens (including phenoxy) is 2. The van der Waals surface area contributed by atoms with Crippen molar-refractivity contribution in [3.8, 4) is 11.5 Å². The van der Waals surface area contributed by atoms with Crippen molar-refractivity contribution in [1.29, 1.82) is 0 Å². The fraction of sp³-hybridized carbons (Fsp3) is 0.333. The highest BCUT2D eigenvalue weighted by Gasteiger charge is 2.41. The fourth-order valence-electron chi connectivity index (χ4n) is 3.56. The largest absolute Gasteiger partial charge is 0.481 e. The Balaban J connectivity index is 1.62. The molecule has 0 spiro atoms. The molecule has 4 rings (SSSR count). The Morgan fingerprint density at radius 2 is 2.00 bits per heavy atom. The summed E-state index contributed by atoms with van der Waals surface area (Å²) in [4.78, 5) is 29.1. The van der Waals surface area contributed by atoms with Crippen molar-refractivity contribution in [1.82, 2.24) is 9.88 Å². The van der Waals surface area contributed by atoms with Crippen LogP contribution in [0.15, 0.2) is 30.5 Å². The highest BCUT2D eigenvalue weighted by atomic mass is 16.7. The van der Waals surface area contributed by atoms with Crippen LogP contribution in [0, 0.1) is 12.8 Å². The van der Waals surface area contributed by atoms with Gasteiger partial charge in [-0.3, -0.25) is 9.59 Å². The molecule has 0 bridgehead atoms. The number of nitrogens with zero attached hydrogens (tertiary/aromatic N) is 1. The molecule has 7 nitrogen and oxygen atoms in total. The van der Waals surface area contributed by atoms with E-state index in [0.29, 0.717) is 23.6 Å². The molecule has 2 aliphatic rings. The maximum absolute atomic E-state index is 12.7. The Kier molecular flexibility index (Phi) is 3.63. The third-order valence-corrected chi connectivity index (χ3v) is 4.93. The molecule has 1 aromatic carbocycles. The molecule has 1 aromatic heterocycles. The number of fused-ring (bicyclic) bond motifs is 1.